The van der Waals surface area contributed by atoms with Gasteiger partial charge in [0.2, 0.25) is 0 Å². The Balaban J connectivity index is 2.18. The van der Waals surface area contributed by atoms with Gasteiger partial charge in [0.15, 0.2) is 9.84 Å². The summed E-state index contributed by atoms with van der Waals surface area (Å²) in [5, 5.41) is 0. The maximum atomic E-state index is 12.4. The zero-order chi connectivity index (χ0) is 17.2. The van der Waals surface area contributed by atoms with Crippen LogP contribution < -0.4 is 5.73 Å². The molecule has 0 aliphatic heterocycles. The number of hydrogen-bond acceptors (Lipinski definition) is 5. The second-order valence-corrected chi connectivity index (χ2v) is 7.45. The van der Waals surface area contributed by atoms with E-state index in [1.165, 1.54) is 6.26 Å². The molecular weight excluding hydrogens is 316 g/mol. The Hall–Kier alpha value is -2.12. The minimum Gasteiger partial charge on any atom is -0.467 e. The van der Waals surface area contributed by atoms with E-state index >= 15 is 0 Å². The Bertz CT molecular complexity index is 794. The maximum Gasteiger partial charge on any atom is 0.257 e. The Morgan fingerprint density at radius 1 is 1.30 bits per heavy atom. The van der Waals surface area contributed by atoms with Crippen LogP contribution in [0.15, 0.2) is 45.9 Å². The molecule has 2 rings (SSSR count). The Morgan fingerprint density at radius 2 is 1.91 bits per heavy atom. The Labute approximate surface area is 135 Å². The van der Waals surface area contributed by atoms with Crippen molar-refractivity contribution in [2.45, 2.75) is 24.4 Å². The number of hydrogen-bond donors (Lipinski definition) is 1. The van der Waals surface area contributed by atoms with Crippen molar-refractivity contribution in [2.24, 2.45) is 5.73 Å². The molecule has 0 saturated carbocycles. The topological polar surface area (TPSA) is 93.6 Å². The zero-order valence-corrected chi connectivity index (χ0v) is 14.1. The molecule has 1 aromatic heterocycles. The van der Waals surface area contributed by atoms with E-state index in [1.54, 1.807) is 42.3 Å². The highest BCUT2D eigenvalue weighted by atomic mass is 32.2. The average molecular weight is 336 g/mol. The molecule has 0 aliphatic carbocycles. The van der Waals surface area contributed by atoms with Gasteiger partial charge in [-0.15, -0.1) is 0 Å². The predicted molar refractivity (Wildman–Crippen MR) is 86.7 cm³/mol. The summed E-state index contributed by atoms with van der Waals surface area (Å²) in [6, 6.07) is 7.93. The first-order valence-electron chi connectivity index (χ1n) is 7.08. The van der Waals surface area contributed by atoms with Gasteiger partial charge >= 0.3 is 0 Å². The number of benzene rings is 1. The fraction of sp³-hybridized carbons (Fsp3) is 0.312. The molecule has 7 heteroatoms. The molecule has 1 amide bonds. The van der Waals surface area contributed by atoms with Gasteiger partial charge in [0.05, 0.1) is 23.0 Å². The summed E-state index contributed by atoms with van der Waals surface area (Å²) in [4.78, 5) is 14.3. The Kier molecular flexibility index (Phi) is 4.91. The first-order chi connectivity index (χ1) is 10.7. The van der Waals surface area contributed by atoms with Crippen LogP contribution in [0.5, 0.6) is 0 Å². The smallest absolute Gasteiger partial charge is 0.257 e. The number of carbonyl (C=O) groups is 1. The second-order valence-electron chi connectivity index (χ2n) is 5.44. The SMILES string of the molecule is CC(c1ccc(S(C)(=O)=O)cc1)N(C)C(=O)c1coc(CN)c1. The minimum absolute atomic E-state index is 0.187. The number of carbonyl (C=O) groups excluding carboxylic acids is 1. The predicted octanol–water partition coefficient (Wildman–Crippen LogP) is 1.98. The zero-order valence-electron chi connectivity index (χ0n) is 13.3. The lowest BCUT2D eigenvalue weighted by Gasteiger charge is -2.25. The van der Waals surface area contributed by atoms with Crippen molar-refractivity contribution in [2.75, 3.05) is 13.3 Å². The molecule has 0 bridgehead atoms. The van der Waals surface area contributed by atoms with E-state index in [-0.39, 0.29) is 23.4 Å². The molecule has 0 fully saturated rings. The summed E-state index contributed by atoms with van der Waals surface area (Å²) in [6.07, 6.45) is 2.55. The largest absolute Gasteiger partial charge is 0.467 e. The quantitative estimate of drug-likeness (QED) is 0.901. The highest BCUT2D eigenvalue weighted by Crippen LogP contribution is 2.23. The molecule has 1 aromatic carbocycles. The summed E-state index contributed by atoms with van der Waals surface area (Å²) < 4.78 is 28.2. The molecule has 1 heterocycles. The summed E-state index contributed by atoms with van der Waals surface area (Å²) in [6.45, 7) is 2.11. The lowest BCUT2D eigenvalue weighted by molar-refractivity contribution is 0.0742. The summed E-state index contributed by atoms with van der Waals surface area (Å²) in [5.41, 5.74) is 6.75. The fourth-order valence-corrected chi connectivity index (χ4v) is 2.83. The molecular formula is C16H20N2O4S. The first kappa shape index (κ1) is 17.2. The molecule has 0 saturated heterocycles. The second kappa shape index (κ2) is 6.55. The molecule has 0 aliphatic rings. The van der Waals surface area contributed by atoms with Gasteiger partial charge in [-0.3, -0.25) is 4.79 Å². The van der Waals surface area contributed by atoms with Crippen molar-refractivity contribution >= 4 is 15.7 Å². The number of sulfone groups is 1. The molecule has 2 N–H and O–H groups in total. The van der Waals surface area contributed by atoms with Crippen LogP contribution in [0.3, 0.4) is 0 Å². The third-order valence-electron chi connectivity index (χ3n) is 3.79. The lowest BCUT2D eigenvalue weighted by atomic mass is 10.1. The van der Waals surface area contributed by atoms with Crippen molar-refractivity contribution in [1.82, 2.24) is 4.90 Å². The molecule has 6 nitrogen and oxygen atoms in total. The molecule has 2 aromatic rings. The van der Waals surface area contributed by atoms with Crippen molar-refractivity contribution in [1.29, 1.82) is 0 Å². The van der Waals surface area contributed by atoms with Crippen LogP contribution in [0.25, 0.3) is 0 Å². The molecule has 0 spiro atoms. The van der Waals surface area contributed by atoms with Crippen LogP contribution in [0.2, 0.25) is 0 Å². The third-order valence-corrected chi connectivity index (χ3v) is 4.92. The normalized spacial score (nSPS) is 12.9. The van der Waals surface area contributed by atoms with Gasteiger partial charge < -0.3 is 15.1 Å². The van der Waals surface area contributed by atoms with Gasteiger partial charge in [0.1, 0.15) is 12.0 Å². The van der Waals surface area contributed by atoms with Crippen molar-refractivity contribution in [3.8, 4) is 0 Å². The van der Waals surface area contributed by atoms with Crippen LogP contribution in [-0.2, 0) is 16.4 Å². The molecule has 1 unspecified atom stereocenters. The fourth-order valence-electron chi connectivity index (χ4n) is 2.20. The molecule has 124 valence electrons. The standard InChI is InChI=1S/C16H20N2O4S/c1-11(12-4-6-15(7-5-12)23(3,20)21)18(2)16(19)13-8-14(9-17)22-10-13/h4-8,10-11H,9,17H2,1-3H3. The van der Waals surface area contributed by atoms with Gasteiger partial charge in [0, 0.05) is 13.3 Å². The van der Waals surface area contributed by atoms with Gasteiger partial charge in [0.25, 0.3) is 5.91 Å². The Morgan fingerprint density at radius 3 is 2.39 bits per heavy atom. The van der Waals surface area contributed by atoms with Gasteiger partial charge in [-0.1, -0.05) is 12.1 Å². The summed E-state index contributed by atoms with van der Waals surface area (Å²) >= 11 is 0. The molecule has 0 radical (unpaired) electrons. The maximum absolute atomic E-state index is 12.4. The molecule has 1 atom stereocenters. The van der Waals surface area contributed by atoms with E-state index in [4.69, 9.17) is 10.2 Å². The van der Waals surface area contributed by atoms with Gasteiger partial charge in [-0.25, -0.2) is 8.42 Å². The van der Waals surface area contributed by atoms with E-state index < -0.39 is 9.84 Å². The van der Waals surface area contributed by atoms with Crippen molar-refractivity contribution in [3.05, 3.63) is 53.5 Å². The van der Waals surface area contributed by atoms with E-state index in [0.717, 1.165) is 11.8 Å². The van der Waals surface area contributed by atoms with Gasteiger partial charge in [-0.05, 0) is 30.7 Å². The van der Waals surface area contributed by atoms with E-state index in [2.05, 4.69) is 0 Å². The minimum atomic E-state index is -3.23. The number of furan rings is 1. The average Bonchev–Trinajstić information content (AvgIpc) is 3.01. The van der Waals surface area contributed by atoms with E-state index in [0.29, 0.717) is 11.3 Å². The van der Waals surface area contributed by atoms with Crippen molar-refractivity contribution < 1.29 is 17.6 Å². The van der Waals surface area contributed by atoms with E-state index in [9.17, 15) is 13.2 Å². The molecule has 23 heavy (non-hydrogen) atoms. The van der Waals surface area contributed by atoms with Gasteiger partial charge in [-0.2, -0.15) is 0 Å². The summed E-state index contributed by atoms with van der Waals surface area (Å²) in [5.74, 6) is 0.361. The first-order valence-corrected chi connectivity index (χ1v) is 8.98. The van der Waals surface area contributed by atoms with Crippen LogP contribution in [0, 0.1) is 0 Å². The number of nitrogens with zero attached hydrogens (tertiary/aromatic N) is 1. The monoisotopic (exact) mass is 336 g/mol. The highest BCUT2D eigenvalue weighted by molar-refractivity contribution is 7.90. The third kappa shape index (κ3) is 3.80. The van der Waals surface area contributed by atoms with Crippen LogP contribution >= 0.6 is 0 Å². The highest BCUT2D eigenvalue weighted by Gasteiger charge is 2.21. The number of rotatable bonds is 5. The number of amides is 1. The van der Waals surface area contributed by atoms with E-state index in [1.807, 2.05) is 6.92 Å². The van der Waals surface area contributed by atoms with Crippen LogP contribution in [0.1, 0.15) is 34.6 Å². The lowest BCUT2D eigenvalue weighted by Crippen LogP contribution is -2.29. The summed E-state index contributed by atoms with van der Waals surface area (Å²) in [7, 11) is -1.54. The van der Waals surface area contributed by atoms with Crippen LogP contribution in [0.4, 0.5) is 0 Å². The van der Waals surface area contributed by atoms with Crippen molar-refractivity contribution in [3.63, 3.8) is 0 Å². The number of nitrogens with two attached hydrogens (primary N) is 1. The van der Waals surface area contributed by atoms with Crippen LogP contribution in [-0.4, -0.2) is 32.5 Å².